The second kappa shape index (κ2) is 8.53. The third-order valence-corrected chi connectivity index (χ3v) is 3.29. The molecule has 2 rings (SSSR count). The predicted molar refractivity (Wildman–Crippen MR) is 92.9 cm³/mol. The van der Waals surface area contributed by atoms with Crippen molar-refractivity contribution >= 4 is 17.3 Å². The Morgan fingerprint density at radius 3 is 2.88 bits per heavy atom. The van der Waals surface area contributed by atoms with E-state index in [-0.39, 0.29) is 5.91 Å². The molecule has 1 amide bonds. The minimum Gasteiger partial charge on any atom is -0.479 e. The molecule has 0 bridgehead atoms. The van der Waals surface area contributed by atoms with Crippen LogP contribution >= 0.6 is 0 Å². The molecule has 0 radical (unpaired) electrons. The number of nitriles is 1. The van der Waals surface area contributed by atoms with Gasteiger partial charge in [0.15, 0.2) is 6.10 Å². The van der Waals surface area contributed by atoms with Gasteiger partial charge in [0.1, 0.15) is 5.75 Å². The van der Waals surface area contributed by atoms with Gasteiger partial charge in [-0.05, 0) is 43.7 Å². The van der Waals surface area contributed by atoms with E-state index in [2.05, 4.69) is 28.6 Å². The largest absolute Gasteiger partial charge is 0.479 e. The number of hydrogen-bond acceptors (Lipinski definition) is 5. The van der Waals surface area contributed by atoms with Gasteiger partial charge in [-0.25, -0.2) is 0 Å². The molecule has 2 N–H and O–H groups in total. The Bertz CT molecular complexity index is 726. The SMILES string of the molecule is CCCNc1ccc(C#N)cc1NC(=O)[C@H](C)Oc1cccnc1. The average Bonchev–Trinajstić information content (AvgIpc) is 2.61. The molecule has 2 aromatic rings. The highest BCUT2D eigenvalue weighted by molar-refractivity contribution is 5.97. The number of nitrogens with zero attached hydrogens (tertiary/aromatic N) is 2. The summed E-state index contributed by atoms with van der Waals surface area (Å²) in [6, 6.07) is 10.7. The fourth-order valence-corrected chi connectivity index (χ4v) is 2.04. The van der Waals surface area contributed by atoms with Gasteiger partial charge in [0, 0.05) is 12.7 Å². The third kappa shape index (κ3) is 4.71. The first-order valence-electron chi connectivity index (χ1n) is 7.79. The molecule has 1 aromatic heterocycles. The Kier molecular flexibility index (Phi) is 6.15. The number of nitrogens with one attached hydrogen (secondary N) is 2. The van der Waals surface area contributed by atoms with Gasteiger partial charge in [0.2, 0.25) is 0 Å². The first-order valence-corrected chi connectivity index (χ1v) is 7.79. The van der Waals surface area contributed by atoms with Crippen LogP contribution in [-0.2, 0) is 4.79 Å². The van der Waals surface area contributed by atoms with E-state index in [1.165, 1.54) is 0 Å². The minimum absolute atomic E-state index is 0.298. The van der Waals surface area contributed by atoms with Crippen molar-refractivity contribution in [2.75, 3.05) is 17.2 Å². The van der Waals surface area contributed by atoms with Gasteiger partial charge in [0.25, 0.3) is 5.91 Å². The van der Waals surface area contributed by atoms with Gasteiger partial charge in [0.05, 0.1) is 29.2 Å². The molecule has 0 aliphatic carbocycles. The summed E-state index contributed by atoms with van der Waals surface area (Å²) in [5.41, 5.74) is 1.82. The lowest BCUT2D eigenvalue weighted by Crippen LogP contribution is -2.30. The summed E-state index contributed by atoms with van der Waals surface area (Å²) in [5, 5.41) is 15.1. The highest BCUT2D eigenvalue weighted by atomic mass is 16.5. The molecule has 0 aliphatic rings. The van der Waals surface area contributed by atoms with E-state index in [0.29, 0.717) is 17.0 Å². The summed E-state index contributed by atoms with van der Waals surface area (Å²) in [6.07, 6.45) is 3.44. The van der Waals surface area contributed by atoms with Crippen LogP contribution in [0.4, 0.5) is 11.4 Å². The quantitative estimate of drug-likeness (QED) is 0.817. The van der Waals surface area contributed by atoms with Gasteiger partial charge in [-0.1, -0.05) is 6.92 Å². The van der Waals surface area contributed by atoms with E-state index in [4.69, 9.17) is 10.00 Å². The third-order valence-electron chi connectivity index (χ3n) is 3.29. The number of anilines is 2. The first kappa shape index (κ1) is 17.3. The number of pyridine rings is 1. The smallest absolute Gasteiger partial charge is 0.265 e. The Labute approximate surface area is 141 Å². The van der Waals surface area contributed by atoms with Gasteiger partial charge < -0.3 is 15.4 Å². The van der Waals surface area contributed by atoms with Crippen molar-refractivity contribution in [3.8, 4) is 11.8 Å². The lowest BCUT2D eigenvalue weighted by Gasteiger charge is -2.17. The molecule has 0 saturated heterocycles. The zero-order valence-corrected chi connectivity index (χ0v) is 13.7. The van der Waals surface area contributed by atoms with E-state index >= 15 is 0 Å². The van der Waals surface area contributed by atoms with Crippen LogP contribution in [0.1, 0.15) is 25.8 Å². The maximum absolute atomic E-state index is 12.4. The molecule has 0 unspecified atom stereocenters. The molecule has 6 heteroatoms. The van der Waals surface area contributed by atoms with Crippen LogP contribution in [0.15, 0.2) is 42.7 Å². The number of aromatic nitrogens is 1. The topological polar surface area (TPSA) is 87.0 Å². The first-order chi connectivity index (χ1) is 11.6. The van der Waals surface area contributed by atoms with Crippen LogP contribution < -0.4 is 15.4 Å². The second-order valence-corrected chi connectivity index (χ2v) is 5.24. The standard InChI is InChI=1S/C18H20N4O2/c1-3-8-21-16-7-6-14(11-19)10-17(16)22-18(23)13(2)24-15-5-4-9-20-12-15/h4-7,9-10,12-13,21H,3,8H2,1-2H3,(H,22,23)/t13-/m0/s1. The molecule has 1 atom stereocenters. The molecular weight excluding hydrogens is 304 g/mol. The summed E-state index contributed by atoms with van der Waals surface area (Å²) >= 11 is 0. The summed E-state index contributed by atoms with van der Waals surface area (Å²) in [4.78, 5) is 16.3. The highest BCUT2D eigenvalue weighted by Crippen LogP contribution is 2.23. The van der Waals surface area contributed by atoms with Gasteiger partial charge in [-0.2, -0.15) is 5.26 Å². The number of rotatable bonds is 7. The zero-order chi connectivity index (χ0) is 17.4. The normalized spacial score (nSPS) is 11.2. The molecule has 24 heavy (non-hydrogen) atoms. The zero-order valence-electron chi connectivity index (χ0n) is 13.7. The highest BCUT2D eigenvalue weighted by Gasteiger charge is 2.16. The average molecular weight is 324 g/mol. The maximum atomic E-state index is 12.4. The molecule has 1 heterocycles. The van der Waals surface area contributed by atoms with Crippen LogP contribution in [0.5, 0.6) is 5.75 Å². The predicted octanol–water partition coefficient (Wildman–Crippen LogP) is 3.18. The molecule has 0 saturated carbocycles. The molecule has 0 fully saturated rings. The number of ether oxygens (including phenoxy) is 1. The van der Waals surface area contributed by atoms with Crippen LogP contribution in [0.3, 0.4) is 0 Å². The summed E-state index contributed by atoms with van der Waals surface area (Å²) < 4.78 is 5.57. The fourth-order valence-electron chi connectivity index (χ4n) is 2.04. The van der Waals surface area contributed by atoms with E-state index in [0.717, 1.165) is 18.7 Å². The minimum atomic E-state index is -0.695. The monoisotopic (exact) mass is 324 g/mol. The lowest BCUT2D eigenvalue weighted by atomic mass is 10.1. The lowest BCUT2D eigenvalue weighted by molar-refractivity contribution is -0.122. The number of benzene rings is 1. The van der Waals surface area contributed by atoms with Gasteiger partial charge in [-0.15, -0.1) is 0 Å². The van der Waals surface area contributed by atoms with Crippen molar-refractivity contribution in [3.05, 3.63) is 48.3 Å². The number of carbonyl (C=O) groups excluding carboxylic acids is 1. The summed E-state index contributed by atoms with van der Waals surface area (Å²) in [7, 11) is 0. The van der Waals surface area contributed by atoms with Crippen molar-refractivity contribution in [1.82, 2.24) is 4.98 Å². The maximum Gasteiger partial charge on any atom is 0.265 e. The van der Waals surface area contributed by atoms with Crippen molar-refractivity contribution in [2.45, 2.75) is 26.4 Å². The Morgan fingerprint density at radius 2 is 2.21 bits per heavy atom. The van der Waals surface area contributed by atoms with Crippen LogP contribution in [0, 0.1) is 11.3 Å². The molecule has 124 valence electrons. The summed E-state index contributed by atoms with van der Waals surface area (Å²) in [6.45, 7) is 4.49. The molecule has 1 aromatic carbocycles. The Morgan fingerprint density at radius 1 is 1.38 bits per heavy atom. The van der Waals surface area contributed by atoms with E-state index in [1.807, 2.05) is 0 Å². The van der Waals surface area contributed by atoms with Crippen molar-refractivity contribution in [2.24, 2.45) is 0 Å². The number of carbonyl (C=O) groups is 1. The molecule has 0 spiro atoms. The molecule has 6 nitrogen and oxygen atoms in total. The van der Waals surface area contributed by atoms with Crippen molar-refractivity contribution in [3.63, 3.8) is 0 Å². The van der Waals surface area contributed by atoms with Crippen LogP contribution in [-0.4, -0.2) is 23.5 Å². The van der Waals surface area contributed by atoms with E-state index in [1.54, 1.807) is 49.6 Å². The van der Waals surface area contributed by atoms with Crippen LogP contribution in [0.25, 0.3) is 0 Å². The van der Waals surface area contributed by atoms with E-state index in [9.17, 15) is 4.79 Å². The fraction of sp³-hybridized carbons (Fsp3) is 0.278. The Hall–Kier alpha value is -3.07. The number of hydrogen-bond donors (Lipinski definition) is 2. The van der Waals surface area contributed by atoms with Crippen LogP contribution in [0.2, 0.25) is 0 Å². The molecule has 0 aliphatic heterocycles. The van der Waals surface area contributed by atoms with Gasteiger partial charge in [-0.3, -0.25) is 9.78 Å². The van der Waals surface area contributed by atoms with Gasteiger partial charge >= 0.3 is 0 Å². The number of amides is 1. The summed E-state index contributed by atoms with van der Waals surface area (Å²) in [5.74, 6) is 0.226. The Balaban J connectivity index is 2.10. The van der Waals surface area contributed by atoms with Crippen molar-refractivity contribution in [1.29, 1.82) is 5.26 Å². The van der Waals surface area contributed by atoms with E-state index < -0.39 is 6.10 Å². The van der Waals surface area contributed by atoms with Crippen molar-refractivity contribution < 1.29 is 9.53 Å². The molecular formula is C18H20N4O2. The second-order valence-electron chi connectivity index (χ2n) is 5.24.